The molecule has 0 saturated heterocycles. The molecule has 0 fully saturated rings. The first-order valence-electron chi connectivity index (χ1n) is 6.52. The van der Waals surface area contributed by atoms with Crippen molar-refractivity contribution in [3.05, 3.63) is 35.4 Å². The Morgan fingerprint density at radius 2 is 1.81 bits per heavy atom. The predicted octanol–water partition coefficient (Wildman–Crippen LogP) is 2.90. The molecule has 0 saturated carbocycles. The van der Waals surface area contributed by atoms with Crippen LogP contribution in [0.1, 0.15) is 42.6 Å². The zero-order valence-corrected chi connectivity index (χ0v) is 12.1. The van der Waals surface area contributed by atoms with E-state index in [0.29, 0.717) is 11.1 Å². The minimum Gasteiger partial charge on any atom is -0.461 e. The van der Waals surface area contributed by atoms with E-state index in [2.05, 4.69) is 0 Å². The summed E-state index contributed by atoms with van der Waals surface area (Å²) in [5.74, 6) is -1.06. The number of carbonyl (C=O) groups is 2. The predicted molar refractivity (Wildman–Crippen MR) is 73.8 cm³/mol. The number of carbonyl (C=O) groups excluding carboxylic acids is 2. The maximum Gasteiger partial charge on any atom is 0.306 e. The first-order chi connectivity index (χ1) is 9.69. The van der Waals surface area contributed by atoms with Gasteiger partial charge in [-0.2, -0.15) is 0 Å². The molecule has 0 atom stereocenters. The van der Waals surface area contributed by atoms with E-state index in [9.17, 15) is 18.4 Å². The van der Waals surface area contributed by atoms with Crippen molar-refractivity contribution < 1.29 is 23.1 Å². The third kappa shape index (κ3) is 6.33. The molecule has 6 heteroatoms. The lowest BCUT2D eigenvalue weighted by molar-refractivity contribution is -0.147. The number of hydrogen-bond acceptors (Lipinski definition) is 3. The molecule has 1 amide bonds. The highest BCUT2D eigenvalue weighted by atomic mass is 19.3. The van der Waals surface area contributed by atoms with Gasteiger partial charge in [-0.25, -0.2) is 8.78 Å². The first-order valence-corrected chi connectivity index (χ1v) is 6.52. The van der Waals surface area contributed by atoms with Gasteiger partial charge in [-0.1, -0.05) is 26.0 Å². The average molecular weight is 299 g/mol. The van der Waals surface area contributed by atoms with Crippen LogP contribution in [0.4, 0.5) is 8.78 Å². The van der Waals surface area contributed by atoms with E-state index in [1.54, 1.807) is 26.0 Å². The molecule has 21 heavy (non-hydrogen) atoms. The summed E-state index contributed by atoms with van der Waals surface area (Å²) in [4.78, 5) is 22.5. The summed E-state index contributed by atoms with van der Waals surface area (Å²) in [6.07, 6.45) is -2.87. The quantitative estimate of drug-likeness (QED) is 0.787. The van der Waals surface area contributed by atoms with Crippen molar-refractivity contribution in [2.24, 2.45) is 11.1 Å². The van der Waals surface area contributed by atoms with Crippen LogP contribution in [-0.4, -0.2) is 18.3 Å². The van der Waals surface area contributed by atoms with Gasteiger partial charge in [0, 0.05) is 12.0 Å². The van der Waals surface area contributed by atoms with Crippen LogP contribution in [0.25, 0.3) is 0 Å². The Balaban J connectivity index is 2.47. The maximum atomic E-state index is 12.3. The number of amides is 1. The Morgan fingerprint density at radius 3 is 2.29 bits per heavy atom. The Morgan fingerprint density at radius 1 is 1.24 bits per heavy atom. The van der Waals surface area contributed by atoms with Gasteiger partial charge in [-0.05, 0) is 23.1 Å². The molecule has 0 spiro atoms. The number of alkyl halides is 2. The minimum atomic E-state index is -2.45. The number of ether oxygens (including phenoxy) is 1. The number of primary amides is 1. The van der Waals surface area contributed by atoms with E-state index in [-0.39, 0.29) is 19.4 Å². The lowest BCUT2D eigenvalue weighted by atomic mass is 9.86. The topological polar surface area (TPSA) is 69.4 Å². The van der Waals surface area contributed by atoms with Crippen LogP contribution < -0.4 is 5.73 Å². The fourth-order valence-electron chi connectivity index (χ4n) is 1.86. The first kappa shape index (κ1) is 17.1. The molecule has 1 aromatic rings. The van der Waals surface area contributed by atoms with Crippen LogP contribution in [0.2, 0.25) is 0 Å². The van der Waals surface area contributed by atoms with Gasteiger partial charge in [0.05, 0.1) is 6.42 Å². The monoisotopic (exact) mass is 299 g/mol. The van der Waals surface area contributed by atoms with Crippen molar-refractivity contribution in [3.63, 3.8) is 0 Å². The van der Waals surface area contributed by atoms with Crippen LogP contribution in [0, 0.1) is 5.41 Å². The van der Waals surface area contributed by atoms with E-state index in [1.807, 2.05) is 0 Å². The third-order valence-electron chi connectivity index (χ3n) is 2.97. The number of rotatable bonds is 7. The van der Waals surface area contributed by atoms with Crippen LogP contribution in [0.15, 0.2) is 24.3 Å². The molecule has 0 aliphatic rings. The zero-order chi connectivity index (χ0) is 16.0. The summed E-state index contributed by atoms with van der Waals surface area (Å²) in [6.45, 7) is 3.23. The molecular weight excluding hydrogens is 280 g/mol. The molecule has 116 valence electrons. The normalized spacial score (nSPS) is 11.5. The van der Waals surface area contributed by atoms with Gasteiger partial charge in [0.1, 0.15) is 6.61 Å². The van der Waals surface area contributed by atoms with Gasteiger partial charge in [0.2, 0.25) is 12.3 Å². The summed E-state index contributed by atoms with van der Waals surface area (Å²) in [7, 11) is 0. The van der Waals surface area contributed by atoms with Crippen molar-refractivity contribution in [3.8, 4) is 0 Å². The summed E-state index contributed by atoms with van der Waals surface area (Å²) in [6, 6.07) is 6.31. The van der Waals surface area contributed by atoms with E-state index in [0.717, 1.165) is 0 Å². The summed E-state index contributed by atoms with van der Waals surface area (Å²) in [5.41, 5.74) is 5.36. The van der Waals surface area contributed by atoms with Gasteiger partial charge in [-0.15, -0.1) is 0 Å². The SMILES string of the molecule is CC(C)(CC(=O)OCc1ccc(C(N)=O)cc1)CC(F)F. The van der Waals surface area contributed by atoms with Gasteiger partial charge in [-0.3, -0.25) is 9.59 Å². The highest BCUT2D eigenvalue weighted by Crippen LogP contribution is 2.29. The molecule has 0 bridgehead atoms. The Hall–Kier alpha value is -1.98. The summed E-state index contributed by atoms with van der Waals surface area (Å²) < 4.78 is 29.7. The van der Waals surface area contributed by atoms with Crippen LogP contribution in [0.5, 0.6) is 0 Å². The van der Waals surface area contributed by atoms with Gasteiger partial charge < -0.3 is 10.5 Å². The molecule has 0 unspecified atom stereocenters. The fourth-order valence-corrected chi connectivity index (χ4v) is 1.86. The van der Waals surface area contributed by atoms with E-state index in [4.69, 9.17) is 10.5 Å². The second kappa shape index (κ2) is 7.15. The number of nitrogens with two attached hydrogens (primary N) is 1. The van der Waals surface area contributed by atoms with E-state index in [1.165, 1.54) is 12.1 Å². The van der Waals surface area contributed by atoms with Gasteiger partial charge >= 0.3 is 5.97 Å². The highest BCUT2D eigenvalue weighted by Gasteiger charge is 2.26. The molecule has 0 aromatic heterocycles. The molecular formula is C15H19F2NO3. The number of esters is 1. The largest absolute Gasteiger partial charge is 0.461 e. The fraction of sp³-hybridized carbons (Fsp3) is 0.467. The van der Waals surface area contributed by atoms with Crippen molar-refractivity contribution >= 4 is 11.9 Å². The Bertz CT molecular complexity index is 498. The number of benzene rings is 1. The second-order valence-corrected chi connectivity index (χ2v) is 5.66. The second-order valence-electron chi connectivity index (χ2n) is 5.66. The molecule has 4 nitrogen and oxygen atoms in total. The summed E-state index contributed by atoms with van der Waals surface area (Å²) in [5, 5.41) is 0. The molecule has 1 aromatic carbocycles. The maximum absolute atomic E-state index is 12.3. The average Bonchev–Trinajstić information content (AvgIpc) is 2.34. The molecule has 0 heterocycles. The van der Waals surface area contributed by atoms with Crippen LogP contribution in [0.3, 0.4) is 0 Å². The van der Waals surface area contributed by atoms with Crippen molar-refractivity contribution in [2.75, 3.05) is 0 Å². The lowest BCUT2D eigenvalue weighted by Gasteiger charge is -2.22. The smallest absolute Gasteiger partial charge is 0.306 e. The van der Waals surface area contributed by atoms with Crippen molar-refractivity contribution in [2.45, 2.75) is 39.7 Å². The highest BCUT2D eigenvalue weighted by molar-refractivity contribution is 5.92. The van der Waals surface area contributed by atoms with Crippen LogP contribution >= 0.6 is 0 Å². The number of halogens is 2. The molecule has 0 radical (unpaired) electrons. The van der Waals surface area contributed by atoms with E-state index < -0.39 is 23.7 Å². The molecule has 0 aliphatic carbocycles. The lowest BCUT2D eigenvalue weighted by Crippen LogP contribution is -2.21. The minimum absolute atomic E-state index is 0.0304. The van der Waals surface area contributed by atoms with E-state index >= 15 is 0 Å². The Kier molecular flexibility index (Phi) is 5.81. The standard InChI is InChI=1S/C15H19F2NO3/c1-15(2,7-12(16)17)8-13(19)21-9-10-3-5-11(6-4-10)14(18)20/h3-6,12H,7-9H2,1-2H3,(H2,18,20). The molecule has 0 aliphatic heterocycles. The Labute approximate surface area is 122 Å². The summed E-state index contributed by atoms with van der Waals surface area (Å²) >= 11 is 0. The van der Waals surface area contributed by atoms with Crippen molar-refractivity contribution in [1.29, 1.82) is 0 Å². The molecule has 1 rings (SSSR count). The third-order valence-corrected chi connectivity index (χ3v) is 2.97. The van der Waals surface area contributed by atoms with Crippen LogP contribution in [-0.2, 0) is 16.1 Å². The van der Waals surface area contributed by atoms with Gasteiger partial charge in [0.25, 0.3) is 0 Å². The zero-order valence-electron chi connectivity index (χ0n) is 12.1. The van der Waals surface area contributed by atoms with Gasteiger partial charge in [0.15, 0.2) is 0 Å². The van der Waals surface area contributed by atoms with Crippen molar-refractivity contribution in [1.82, 2.24) is 0 Å². The molecule has 2 N–H and O–H groups in total. The number of hydrogen-bond donors (Lipinski definition) is 1.